The first-order chi connectivity index (χ1) is 14.5. The highest BCUT2D eigenvalue weighted by Gasteiger charge is 2.43. The number of benzene rings is 1. The van der Waals surface area contributed by atoms with Crippen LogP contribution < -0.4 is 0 Å². The van der Waals surface area contributed by atoms with Crippen molar-refractivity contribution in [3.05, 3.63) is 77.2 Å². The molecular weight excluding hydrogens is 387 g/mol. The highest BCUT2D eigenvalue weighted by Crippen LogP contribution is 2.38. The maximum absolute atomic E-state index is 14.6. The molecule has 7 heteroatoms. The van der Waals surface area contributed by atoms with Gasteiger partial charge in [-0.2, -0.15) is 0 Å². The molecule has 1 unspecified atom stereocenters. The summed E-state index contributed by atoms with van der Waals surface area (Å²) in [5, 5.41) is 10.5. The van der Waals surface area contributed by atoms with Gasteiger partial charge < -0.3 is 19.3 Å². The van der Waals surface area contributed by atoms with Crippen LogP contribution in [0.5, 0.6) is 0 Å². The lowest BCUT2D eigenvalue weighted by atomic mass is 9.95. The number of hydrogen-bond donors (Lipinski definition) is 1. The van der Waals surface area contributed by atoms with Crippen molar-refractivity contribution >= 4 is 17.8 Å². The molecule has 1 aromatic heterocycles. The number of carbonyl (C=O) groups is 2. The third-order valence-corrected chi connectivity index (χ3v) is 5.26. The lowest BCUT2D eigenvalue weighted by Crippen LogP contribution is -2.38. The van der Waals surface area contributed by atoms with Crippen molar-refractivity contribution in [3.8, 4) is 0 Å². The van der Waals surface area contributed by atoms with Crippen LogP contribution in [0.1, 0.15) is 31.2 Å². The predicted octanol–water partition coefficient (Wildman–Crippen LogP) is 3.74. The average molecular weight is 412 g/mol. The summed E-state index contributed by atoms with van der Waals surface area (Å²) in [6, 6.07) is 8.33. The molecular formula is C23H25FN2O4. The second-order valence-corrected chi connectivity index (χ2v) is 6.92. The number of rotatable bonds is 9. The van der Waals surface area contributed by atoms with E-state index in [0.717, 1.165) is 13.1 Å². The Morgan fingerprint density at radius 2 is 1.97 bits per heavy atom. The summed E-state index contributed by atoms with van der Waals surface area (Å²) in [7, 11) is 0. The van der Waals surface area contributed by atoms with Gasteiger partial charge >= 0.3 is 0 Å². The molecule has 158 valence electrons. The van der Waals surface area contributed by atoms with Crippen LogP contribution in [0.2, 0.25) is 0 Å². The van der Waals surface area contributed by atoms with E-state index in [1.54, 1.807) is 18.2 Å². The zero-order valence-corrected chi connectivity index (χ0v) is 17.0. The SMILES string of the molecule is CCN(CC)CCN1C(=O)C(O)=C(C(=O)/C=C/c2ccco2)C1c1ccccc1F. The van der Waals surface area contributed by atoms with Crippen LogP contribution >= 0.6 is 0 Å². The Labute approximate surface area is 174 Å². The summed E-state index contributed by atoms with van der Waals surface area (Å²) < 4.78 is 19.8. The highest BCUT2D eigenvalue weighted by molar-refractivity contribution is 6.14. The van der Waals surface area contributed by atoms with Crippen LogP contribution in [-0.4, -0.2) is 52.8 Å². The van der Waals surface area contributed by atoms with Crippen molar-refractivity contribution in [3.63, 3.8) is 0 Å². The van der Waals surface area contributed by atoms with Crippen molar-refractivity contribution in [2.75, 3.05) is 26.2 Å². The van der Waals surface area contributed by atoms with Crippen LogP contribution in [0.4, 0.5) is 4.39 Å². The fourth-order valence-corrected chi connectivity index (χ4v) is 3.58. The summed E-state index contributed by atoms with van der Waals surface area (Å²) in [6.07, 6.45) is 4.14. The number of allylic oxidation sites excluding steroid dienone is 1. The van der Waals surface area contributed by atoms with Gasteiger partial charge in [0.1, 0.15) is 11.6 Å². The van der Waals surface area contributed by atoms with Crippen molar-refractivity contribution in [2.45, 2.75) is 19.9 Å². The highest BCUT2D eigenvalue weighted by atomic mass is 19.1. The fourth-order valence-electron chi connectivity index (χ4n) is 3.58. The number of furan rings is 1. The molecule has 2 heterocycles. The topological polar surface area (TPSA) is 74.0 Å². The lowest BCUT2D eigenvalue weighted by Gasteiger charge is -2.29. The first-order valence-electron chi connectivity index (χ1n) is 9.94. The zero-order chi connectivity index (χ0) is 21.7. The van der Waals surface area contributed by atoms with Gasteiger partial charge in [-0.05, 0) is 43.4 Å². The molecule has 3 rings (SSSR count). The molecule has 0 fully saturated rings. The maximum atomic E-state index is 14.6. The van der Waals surface area contributed by atoms with Crippen molar-refractivity contribution in [1.29, 1.82) is 0 Å². The zero-order valence-electron chi connectivity index (χ0n) is 17.0. The summed E-state index contributed by atoms with van der Waals surface area (Å²) in [5.74, 6) is -1.98. The molecule has 2 aromatic rings. The number of aliphatic hydroxyl groups is 1. The van der Waals surface area contributed by atoms with Crippen molar-refractivity contribution in [1.82, 2.24) is 9.80 Å². The van der Waals surface area contributed by atoms with E-state index < -0.39 is 29.3 Å². The van der Waals surface area contributed by atoms with Gasteiger partial charge in [-0.25, -0.2) is 4.39 Å². The molecule has 0 bridgehead atoms. The molecule has 0 saturated carbocycles. The van der Waals surface area contributed by atoms with Gasteiger partial charge in [-0.3, -0.25) is 9.59 Å². The van der Waals surface area contributed by atoms with Gasteiger partial charge in [-0.1, -0.05) is 32.0 Å². The van der Waals surface area contributed by atoms with Crippen LogP contribution in [0.25, 0.3) is 6.08 Å². The first kappa shape index (κ1) is 21.5. The van der Waals surface area contributed by atoms with Crippen LogP contribution in [0, 0.1) is 5.82 Å². The number of halogens is 1. The number of hydrogen-bond acceptors (Lipinski definition) is 5. The third kappa shape index (κ3) is 4.36. The summed E-state index contributed by atoms with van der Waals surface area (Å²) in [6.45, 7) is 6.39. The quantitative estimate of drug-likeness (QED) is 0.635. The van der Waals surface area contributed by atoms with Crippen molar-refractivity contribution < 1.29 is 23.5 Å². The molecule has 1 aliphatic heterocycles. The molecule has 6 nitrogen and oxygen atoms in total. The van der Waals surface area contributed by atoms with Crippen LogP contribution in [0.3, 0.4) is 0 Å². The van der Waals surface area contributed by atoms with E-state index in [4.69, 9.17) is 4.42 Å². The number of likely N-dealkylation sites (N-methyl/N-ethyl adjacent to an activating group) is 1. The summed E-state index contributed by atoms with van der Waals surface area (Å²) in [5.41, 5.74) is 0.0386. The maximum Gasteiger partial charge on any atom is 0.290 e. The Hall–Kier alpha value is -3.19. The smallest absolute Gasteiger partial charge is 0.290 e. The summed E-state index contributed by atoms with van der Waals surface area (Å²) >= 11 is 0. The molecule has 0 radical (unpaired) electrons. The van der Waals surface area contributed by atoms with Gasteiger partial charge in [0.25, 0.3) is 5.91 Å². The monoisotopic (exact) mass is 412 g/mol. The van der Waals surface area contributed by atoms with E-state index in [1.165, 1.54) is 41.5 Å². The number of amides is 1. The standard InChI is InChI=1S/C23H25FN2O4/c1-3-25(4-2)13-14-26-21(17-9-5-6-10-18(17)24)20(22(28)23(26)29)19(27)12-11-16-8-7-15-30-16/h5-12,15,21,28H,3-4,13-14H2,1-2H3/b12-11+. The molecule has 1 aromatic carbocycles. The van der Waals surface area contributed by atoms with E-state index in [0.29, 0.717) is 12.3 Å². The normalized spacial score (nSPS) is 17.0. The minimum Gasteiger partial charge on any atom is -0.503 e. The van der Waals surface area contributed by atoms with E-state index in [1.807, 2.05) is 13.8 Å². The van der Waals surface area contributed by atoms with Gasteiger partial charge in [0.2, 0.25) is 0 Å². The van der Waals surface area contributed by atoms with E-state index >= 15 is 0 Å². The van der Waals surface area contributed by atoms with Gasteiger partial charge in [0.05, 0.1) is 17.9 Å². The minimum atomic E-state index is -0.997. The third-order valence-electron chi connectivity index (χ3n) is 5.26. The first-order valence-corrected chi connectivity index (χ1v) is 9.94. The second kappa shape index (κ2) is 9.54. The largest absolute Gasteiger partial charge is 0.503 e. The molecule has 30 heavy (non-hydrogen) atoms. The molecule has 0 saturated heterocycles. The molecule has 0 spiro atoms. The Balaban J connectivity index is 1.97. The van der Waals surface area contributed by atoms with E-state index in [-0.39, 0.29) is 17.7 Å². The second-order valence-electron chi connectivity index (χ2n) is 6.92. The average Bonchev–Trinajstić information content (AvgIpc) is 3.35. The molecule has 0 aliphatic carbocycles. The fraction of sp³-hybridized carbons (Fsp3) is 0.304. The van der Waals surface area contributed by atoms with E-state index in [9.17, 15) is 19.1 Å². The Kier molecular flexibility index (Phi) is 6.84. The number of carbonyl (C=O) groups excluding carboxylic acids is 2. The number of nitrogens with zero attached hydrogens (tertiary/aromatic N) is 2. The minimum absolute atomic E-state index is 0.132. The Morgan fingerprint density at radius 3 is 2.60 bits per heavy atom. The predicted molar refractivity (Wildman–Crippen MR) is 111 cm³/mol. The van der Waals surface area contributed by atoms with Crippen LogP contribution in [0.15, 0.2) is 64.5 Å². The molecule has 1 N–H and O–H groups in total. The molecule has 1 amide bonds. The molecule has 1 aliphatic rings. The number of ketones is 1. The van der Waals surface area contributed by atoms with Crippen LogP contribution in [-0.2, 0) is 9.59 Å². The van der Waals surface area contributed by atoms with Gasteiger partial charge in [-0.15, -0.1) is 0 Å². The van der Waals surface area contributed by atoms with Gasteiger partial charge in [0.15, 0.2) is 11.5 Å². The lowest BCUT2D eigenvalue weighted by molar-refractivity contribution is -0.129. The Morgan fingerprint density at radius 1 is 1.23 bits per heavy atom. The van der Waals surface area contributed by atoms with E-state index in [2.05, 4.69) is 4.90 Å². The Bertz CT molecular complexity index is 961. The molecule has 1 atom stereocenters. The van der Waals surface area contributed by atoms with Crippen molar-refractivity contribution in [2.24, 2.45) is 0 Å². The number of aliphatic hydroxyl groups excluding tert-OH is 1. The summed E-state index contributed by atoms with van der Waals surface area (Å²) in [4.78, 5) is 29.2. The van der Waals surface area contributed by atoms with Gasteiger partial charge in [0, 0.05) is 18.7 Å².